The van der Waals surface area contributed by atoms with Crippen LogP contribution in [0.25, 0.3) is 0 Å². The summed E-state index contributed by atoms with van der Waals surface area (Å²) in [5.74, 6) is -0.845. The first-order valence-corrected chi connectivity index (χ1v) is 4.55. The molecule has 0 aromatic carbocycles. The topological polar surface area (TPSA) is 64.3 Å². The summed E-state index contributed by atoms with van der Waals surface area (Å²) in [5.41, 5.74) is 0. The van der Waals surface area contributed by atoms with Gasteiger partial charge in [-0.1, -0.05) is 0 Å². The molecular weight excluding hydrogens is 168 g/mol. The molecular formula is C9H14N2O2. The highest BCUT2D eigenvalue weighted by atomic mass is 16.4. The zero-order valence-electron chi connectivity index (χ0n) is 7.73. The molecule has 72 valence electrons. The molecule has 4 heteroatoms. The van der Waals surface area contributed by atoms with Crippen molar-refractivity contribution in [2.24, 2.45) is 0 Å². The Hall–Kier alpha value is -1.08. The van der Waals surface area contributed by atoms with Gasteiger partial charge >= 0.3 is 5.97 Å². The Bertz CT molecular complexity index is 234. The number of carboxylic acids is 1. The summed E-state index contributed by atoms with van der Waals surface area (Å²) in [6.07, 6.45) is 2.82. The van der Waals surface area contributed by atoms with Crippen LogP contribution in [-0.4, -0.2) is 34.6 Å². The van der Waals surface area contributed by atoms with E-state index in [2.05, 4.69) is 6.07 Å². The van der Waals surface area contributed by atoms with Gasteiger partial charge in [0.25, 0.3) is 0 Å². The van der Waals surface area contributed by atoms with Crippen molar-refractivity contribution in [1.29, 1.82) is 5.26 Å². The molecule has 0 amide bonds. The largest absolute Gasteiger partial charge is 0.480 e. The summed E-state index contributed by atoms with van der Waals surface area (Å²) in [6.45, 7) is 2.36. The summed E-state index contributed by atoms with van der Waals surface area (Å²) in [6, 6.07) is 1.41. The molecule has 1 N–H and O–H groups in total. The molecule has 1 fully saturated rings. The van der Waals surface area contributed by atoms with Crippen molar-refractivity contribution in [1.82, 2.24) is 4.90 Å². The van der Waals surface area contributed by atoms with Gasteiger partial charge in [-0.05, 0) is 26.2 Å². The van der Waals surface area contributed by atoms with Crippen LogP contribution in [-0.2, 0) is 4.79 Å². The van der Waals surface area contributed by atoms with E-state index >= 15 is 0 Å². The van der Waals surface area contributed by atoms with E-state index in [0.717, 1.165) is 25.8 Å². The van der Waals surface area contributed by atoms with Crippen LogP contribution in [0.2, 0.25) is 0 Å². The van der Waals surface area contributed by atoms with E-state index < -0.39 is 12.0 Å². The van der Waals surface area contributed by atoms with Crippen molar-refractivity contribution >= 4 is 5.97 Å². The molecule has 1 aliphatic heterocycles. The zero-order chi connectivity index (χ0) is 9.84. The molecule has 2 atom stereocenters. The van der Waals surface area contributed by atoms with E-state index in [-0.39, 0.29) is 6.04 Å². The predicted octanol–water partition coefficient (Wildman–Crippen LogP) is 0.838. The molecule has 0 aromatic heterocycles. The molecule has 0 aliphatic carbocycles. The van der Waals surface area contributed by atoms with Gasteiger partial charge in [0.2, 0.25) is 0 Å². The van der Waals surface area contributed by atoms with Crippen LogP contribution in [0.5, 0.6) is 0 Å². The zero-order valence-corrected chi connectivity index (χ0v) is 7.73. The van der Waals surface area contributed by atoms with E-state index in [1.807, 2.05) is 0 Å². The molecule has 0 radical (unpaired) electrons. The highest BCUT2D eigenvalue weighted by Gasteiger charge is 2.29. The lowest BCUT2D eigenvalue weighted by Gasteiger charge is -2.33. The Labute approximate surface area is 77.8 Å². The van der Waals surface area contributed by atoms with Crippen molar-refractivity contribution in [3.63, 3.8) is 0 Å². The van der Waals surface area contributed by atoms with E-state index in [4.69, 9.17) is 10.4 Å². The summed E-state index contributed by atoms with van der Waals surface area (Å²) in [5, 5.41) is 17.6. The molecule has 1 heterocycles. The van der Waals surface area contributed by atoms with Crippen LogP contribution in [0.1, 0.15) is 26.2 Å². The Morgan fingerprint density at radius 3 is 2.92 bits per heavy atom. The summed E-state index contributed by atoms with van der Waals surface area (Å²) in [4.78, 5) is 12.5. The van der Waals surface area contributed by atoms with Gasteiger partial charge in [-0.25, -0.2) is 0 Å². The number of carboxylic acid groups (broad SMARTS) is 1. The highest BCUT2D eigenvalue weighted by molar-refractivity contribution is 5.73. The first-order chi connectivity index (χ1) is 6.16. The molecule has 0 aromatic rings. The van der Waals surface area contributed by atoms with Crippen molar-refractivity contribution in [3.8, 4) is 6.07 Å². The van der Waals surface area contributed by atoms with E-state index in [1.165, 1.54) is 0 Å². The van der Waals surface area contributed by atoms with Crippen molar-refractivity contribution < 1.29 is 9.90 Å². The van der Waals surface area contributed by atoms with Crippen molar-refractivity contribution in [2.45, 2.75) is 38.3 Å². The van der Waals surface area contributed by atoms with Crippen molar-refractivity contribution in [3.05, 3.63) is 0 Å². The minimum Gasteiger partial charge on any atom is -0.480 e. The van der Waals surface area contributed by atoms with Gasteiger partial charge in [0.05, 0.1) is 12.1 Å². The Morgan fingerprint density at radius 2 is 2.38 bits per heavy atom. The van der Waals surface area contributed by atoms with Crippen LogP contribution in [0, 0.1) is 11.3 Å². The molecule has 13 heavy (non-hydrogen) atoms. The van der Waals surface area contributed by atoms with Crippen LogP contribution in [0.3, 0.4) is 0 Å². The standard InChI is InChI=1S/C9H14N2O2/c1-7(9(12)13)11-5-3-2-4-8(11)6-10/h7-8H,2-5H2,1H3,(H,12,13). The molecule has 2 unspecified atom stereocenters. The fourth-order valence-electron chi connectivity index (χ4n) is 1.70. The first-order valence-electron chi connectivity index (χ1n) is 4.55. The predicted molar refractivity (Wildman–Crippen MR) is 47.1 cm³/mol. The third-order valence-electron chi connectivity index (χ3n) is 2.55. The third kappa shape index (κ3) is 2.19. The smallest absolute Gasteiger partial charge is 0.320 e. The molecule has 0 bridgehead atoms. The highest BCUT2D eigenvalue weighted by Crippen LogP contribution is 2.18. The Balaban J connectivity index is 2.65. The number of piperidine rings is 1. The maximum atomic E-state index is 10.7. The van der Waals surface area contributed by atoms with Gasteiger partial charge < -0.3 is 5.11 Å². The number of nitrogens with zero attached hydrogens (tertiary/aromatic N) is 2. The van der Waals surface area contributed by atoms with E-state index in [0.29, 0.717) is 0 Å². The summed E-state index contributed by atoms with van der Waals surface area (Å²) >= 11 is 0. The normalized spacial score (nSPS) is 26.3. The number of rotatable bonds is 2. The Morgan fingerprint density at radius 1 is 1.69 bits per heavy atom. The second-order valence-corrected chi connectivity index (χ2v) is 3.39. The summed E-state index contributed by atoms with van der Waals surface area (Å²) in [7, 11) is 0. The fourth-order valence-corrected chi connectivity index (χ4v) is 1.70. The molecule has 4 nitrogen and oxygen atoms in total. The lowest BCUT2D eigenvalue weighted by atomic mass is 10.0. The molecule has 1 saturated heterocycles. The monoisotopic (exact) mass is 182 g/mol. The van der Waals surface area contributed by atoms with Gasteiger partial charge in [-0.15, -0.1) is 0 Å². The minimum atomic E-state index is -0.845. The van der Waals surface area contributed by atoms with Gasteiger partial charge in [0.15, 0.2) is 0 Å². The number of aliphatic carboxylic acids is 1. The summed E-state index contributed by atoms with van der Waals surface area (Å²) < 4.78 is 0. The van der Waals surface area contributed by atoms with Gasteiger partial charge in [0, 0.05) is 6.54 Å². The lowest BCUT2D eigenvalue weighted by molar-refractivity contribution is -0.143. The first kappa shape index (κ1) is 10.0. The fraction of sp³-hybridized carbons (Fsp3) is 0.778. The van der Waals surface area contributed by atoms with Crippen LogP contribution in [0.4, 0.5) is 0 Å². The van der Waals surface area contributed by atoms with Gasteiger partial charge in [0.1, 0.15) is 6.04 Å². The molecule has 0 saturated carbocycles. The number of carbonyl (C=O) groups is 1. The van der Waals surface area contributed by atoms with Crippen LogP contribution >= 0.6 is 0 Å². The average Bonchev–Trinajstić information content (AvgIpc) is 2.16. The number of hydrogen-bond donors (Lipinski definition) is 1. The van der Waals surface area contributed by atoms with Gasteiger partial charge in [-0.2, -0.15) is 5.26 Å². The number of nitriles is 1. The van der Waals surface area contributed by atoms with E-state index in [1.54, 1.807) is 11.8 Å². The van der Waals surface area contributed by atoms with Crippen molar-refractivity contribution in [2.75, 3.05) is 6.54 Å². The molecule has 1 aliphatic rings. The quantitative estimate of drug-likeness (QED) is 0.687. The number of likely N-dealkylation sites (tertiary alicyclic amines) is 1. The molecule has 0 spiro atoms. The maximum absolute atomic E-state index is 10.7. The number of hydrogen-bond acceptors (Lipinski definition) is 3. The van der Waals surface area contributed by atoms with E-state index in [9.17, 15) is 4.79 Å². The minimum absolute atomic E-state index is 0.208. The van der Waals surface area contributed by atoms with Crippen LogP contribution < -0.4 is 0 Å². The average molecular weight is 182 g/mol. The second-order valence-electron chi connectivity index (χ2n) is 3.39. The molecule has 1 rings (SSSR count). The van der Waals surface area contributed by atoms with Crippen LogP contribution in [0.15, 0.2) is 0 Å². The Kier molecular flexibility index (Phi) is 3.26. The lowest BCUT2D eigenvalue weighted by Crippen LogP contribution is -2.47. The second kappa shape index (κ2) is 4.24. The third-order valence-corrected chi connectivity index (χ3v) is 2.55. The maximum Gasteiger partial charge on any atom is 0.320 e. The SMILES string of the molecule is CC(C(=O)O)N1CCCCC1C#N. The van der Waals surface area contributed by atoms with Gasteiger partial charge in [-0.3, -0.25) is 9.69 Å².